The Kier molecular flexibility index (Phi) is 6.33. The normalized spacial score (nSPS) is 12.8. The zero-order chi connectivity index (χ0) is 19.4. The minimum Gasteiger partial charge on any atom is -0.334 e. The van der Waals surface area contributed by atoms with Crippen molar-refractivity contribution in [1.82, 2.24) is 20.2 Å². The van der Waals surface area contributed by atoms with Gasteiger partial charge in [-0.3, -0.25) is 19.5 Å². The molecular formula is C18H22N4O3S2. The molecule has 2 heterocycles. The average molecular weight is 407 g/mol. The van der Waals surface area contributed by atoms with Crippen LogP contribution in [0.4, 0.5) is 4.79 Å². The smallest absolute Gasteiger partial charge is 0.321 e. The maximum Gasteiger partial charge on any atom is 0.321 e. The first-order valence-corrected chi connectivity index (χ1v) is 10.7. The predicted octanol–water partition coefficient (Wildman–Crippen LogP) is 2.46. The van der Waals surface area contributed by atoms with Gasteiger partial charge in [-0.05, 0) is 31.2 Å². The van der Waals surface area contributed by atoms with Crippen molar-refractivity contribution >= 4 is 45.3 Å². The van der Waals surface area contributed by atoms with Crippen molar-refractivity contribution < 1.29 is 9.59 Å². The fraction of sp³-hybridized carbons (Fsp3) is 0.444. The molecule has 2 aromatic heterocycles. The van der Waals surface area contributed by atoms with Crippen LogP contribution < -0.4 is 16.2 Å². The molecule has 0 bridgehead atoms. The summed E-state index contributed by atoms with van der Waals surface area (Å²) in [6, 6.07) is -0.565. The molecule has 0 atom stereocenters. The van der Waals surface area contributed by atoms with Crippen LogP contribution in [0, 0.1) is 0 Å². The molecular weight excluding hydrogens is 384 g/mol. The van der Waals surface area contributed by atoms with Gasteiger partial charge >= 0.3 is 6.03 Å². The second kappa shape index (κ2) is 8.71. The van der Waals surface area contributed by atoms with E-state index < -0.39 is 11.9 Å². The summed E-state index contributed by atoms with van der Waals surface area (Å²) < 4.78 is 1.66. The van der Waals surface area contributed by atoms with Crippen LogP contribution in [0.1, 0.15) is 30.2 Å². The molecule has 0 fully saturated rings. The lowest BCUT2D eigenvalue weighted by atomic mass is 10.2. The standard InChI is InChI=1S/C18H22N4O3S2/c1-3-8-19-17(25)20-13(23)10-26-18-21-15-14(16(24)22(18)9-4-2)11-6-5-7-12(11)27-15/h3H,1,4-10H2,2H3,(H2,19,20,23,25). The van der Waals surface area contributed by atoms with Crippen molar-refractivity contribution in [2.24, 2.45) is 0 Å². The molecule has 2 aromatic rings. The van der Waals surface area contributed by atoms with E-state index in [2.05, 4.69) is 22.2 Å². The third-order valence-corrected chi connectivity index (χ3v) is 6.39. The van der Waals surface area contributed by atoms with Crippen LogP contribution in [-0.2, 0) is 24.2 Å². The zero-order valence-electron chi connectivity index (χ0n) is 15.2. The number of carbonyl (C=O) groups excluding carboxylic acids is 2. The van der Waals surface area contributed by atoms with E-state index in [1.165, 1.54) is 22.7 Å². The Balaban J connectivity index is 1.80. The molecule has 0 saturated heterocycles. The van der Waals surface area contributed by atoms with Crippen LogP contribution >= 0.6 is 23.1 Å². The van der Waals surface area contributed by atoms with Crippen molar-refractivity contribution in [3.63, 3.8) is 0 Å². The molecule has 27 heavy (non-hydrogen) atoms. The van der Waals surface area contributed by atoms with Crippen molar-refractivity contribution in [3.05, 3.63) is 33.4 Å². The molecule has 0 saturated carbocycles. The van der Waals surface area contributed by atoms with Gasteiger partial charge in [0, 0.05) is 18.0 Å². The van der Waals surface area contributed by atoms with Crippen LogP contribution in [0.25, 0.3) is 10.2 Å². The van der Waals surface area contributed by atoms with Gasteiger partial charge in [0.05, 0.1) is 11.1 Å². The quantitative estimate of drug-likeness (QED) is 0.419. The molecule has 1 aliphatic rings. The lowest BCUT2D eigenvalue weighted by Gasteiger charge is -2.11. The van der Waals surface area contributed by atoms with Gasteiger partial charge in [-0.15, -0.1) is 17.9 Å². The minimum atomic E-state index is -0.565. The summed E-state index contributed by atoms with van der Waals surface area (Å²) in [6.45, 7) is 6.33. The summed E-state index contributed by atoms with van der Waals surface area (Å²) >= 11 is 2.76. The lowest BCUT2D eigenvalue weighted by molar-refractivity contribution is -0.117. The van der Waals surface area contributed by atoms with Gasteiger partial charge < -0.3 is 5.32 Å². The first-order chi connectivity index (χ1) is 13.0. The molecule has 0 spiro atoms. The Labute approximate surface area is 165 Å². The largest absolute Gasteiger partial charge is 0.334 e. The van der Waals surface area contributed by atoms with E-state index in [-0.39, 0.29) is 17.9 Å². The number of rotatable bonds is 7. The predicted molar refractivity (Wildman–Crippen MR) is 109 cm³/mol. The molecule has 2 N–H and O–H groups in total. The number of hydrogen-bond acceptors (Lipinski definition) is 6. The first kappa shape index (κ1) is 19.6. The number of thiophene rings is 1. The van der Waals surface area contributed by atoms with E-state index in [4.69, 9.17) is 0 Å². The maximum atomic E-state index is 13.0. The highest BCUT2D eigenvalue weighted by Crippen LogP contribution is 2.35. The highest BCUT2D eigenvalue weighted by molar-refractivity contribution is 7.99. The molecule has 0 aliphatic heterocycles. The van der Waals surface area contributed by atoms with Gasteiger partial charge in [0.2, 0.25) is 5.91 Å². The molecule has 1 aliphatic carbocycles. The van der Waals surface area contributed by atoms with E-state index >= 15 is 0 Å². The van der Waals surface area contributed by atoms with Gasteiger partial charge in [-0.2, -0.15) is 0 Å². The van der Waals surface area contributed by atoms with Gasteiger partial charge in [0.15, 0.2) is 5.16 Å². The van der Waals surface area contributed by atoms with Crippen LogP contribution in [0.2, 0.25) is 0 Å². The van der Waals surface area contributed by atoms with Crippen molar-refractivity contribution in [1.29, 1.82) is 0 Å². The highest BCUT2D eigenvalue weighted by Gasteiger charge is 2.23. The fourth-order valence-electron chi connectivity index (χ4n) is 3.09. The third kappa shape index (κ3) is 4.24. The second-order valence-electron chi connectivity index (χ2n) is 6.22. The number of nitrogens with zero attached hydrogens (tertiary/aromatic N) is 2. The number of thioether (sulfide) groups is 1. The number of aryl methyl sites for hydroxylation is 2. The van der Waals surface area contributed by atoms with Crippen LogP contribution in [-0.4, -0.2) is 33.8 Å². The topological polar surface area (TPSA) is 93.1 Å². The van der Waals surface area contributed by atoms with Crippen molar-refractivity contribution in [3.8, 4) is 0 Å². The number of fused-ring (bicyclic) bond motifs is 3. The SMILES string of the molecule is C=CCNC(=O)NC(=O)CSc1nc2sc3c(c2c(=O)n1CCC)CCC3. The highest BCUT2D eigenvalue weighted by atomic mass is 32.2. The fourth-order valence-corrected chi connectivity index (χ4v) is 5.22. The summed E-state index contributed by atoms with van der Waals surface area (Å²) in [4.78, 5) is 43.2. The number of amides is 3. The summed E-state index contributed by atoms with van der Waals surface area (Å²) in [7, 11) is 0. The second-order valence-corrected chi connectivity index (χ2v) is 8.25. The Bertz CT molecular complexity index is 948. The molecule has 0 radical (unpaired) electrons. The zero-order valence-corrected chi connectivity index (χ0v) is 16.8. The molecule has 144 valence electrons. The monoisotopic (exact) mass is 406 g/mol. The number of nitrogens with one attached hydrogen (secondary N) is 2. The average Bonchev–Trinajstić information content (AvgIpc) is 3.21. The van der Waals surface area contributed by atoms with Gasteiger partial charge in [-0.1, -0.05) is 24.8 Å². The number of urea groups is 1. The number of carbonyl (C=O) groups is 2. The number of imide groups is 1. The Hall–Kier alpha value is -2.13. The molecule has 3 rings (SSSR count). The first-order valence-electron chi connectivity index (χ1n) is 8.91. The number of hydrogen-bond donors (Lipinski definition) is 2. The Morgan fingerprint density at radius 3 is 2.96 bits per heavy atom. The minimum absolute atomic E-state index is 0.00819. The van der Waals surface area contributed by atoms with E-state index in [1.54, 1.807) is 15.9 Å². The van der Waals surface area contributed by atoms with E-state index in [0.29, 0.717) is 11.7 Å². The van der Waals surface area contributed by atoms with E-state index in [1.807, 2.05) is 6.92 Å². The van der Waals surface area contributed by atoms with Crippen LogP contribution in [0.3, 0.4) is 0 Å². The van der Waals surface area contributed by atoms with E-state index in [9.17, 15) is 14.4 Å². The molecule has 9 heteroatoms. The molecule has 0 aromatic carbocycles. The van der Waals surface area contributed by atoms with Gasteiger partial charge in [-0.25, -0.2) is 9.78 Å². The van der Waals surface area contributed by atoms with Crippen LogP contribution in [0.5, 0.6) is 0 Å². The number of aromatic nitrogens is 2. The Morgan fingerprint density at radius 2 is 2.22 bits per heavy atom. The Morgan fingerprint density at radius 1 is 1.41 bits per heavy atom. The molecule has 0 unspecified atom stereocenters. The third-order valence-electron chi connectivity index (χ3n) is 4.23. The van der Waals surface area contributed by atoms with Gasteiger partial charge in [0.25, 0.3) is 5.56 Å². The lowest BCUT2D eigenvalue weighted by Crippen LogP contribution is -2.40. The molecule has 3 amide bonds. The summed E-state index contributed by atoms with van der Waals surface area (Å²) in [5.74, 6) is -0.429. The van der Waals surface area contributed by atoms with Gasteiger partial charge in [0.1, 0.15) is 4.83 Å². The summed E-state index contributed by atoms with van der Waals surface area (Å²) in [5.41, 5.74) is 1.14. The van der Waals surface area contributed by atoms with E-state index in [0.717, 1.165) is 41.5 Å². The van der Waals surface area contributed by atoms with Crippen molar-refractivity contribution in [2.45, 2.75) is 44.3 Å². The maximum absolute atomic E-state index is 13.0. The molecule has 7 nitrogen and oxygen atoms in total. The summed E-state index contributed by atoms with van der Waals surface area (Å²) in [6.07, 6.45) is 5.36. The summed E-state index contributed by atoms with van der Waals surface area (Å²) in [5, 5.41) is 6.00. The van der Waals surface area contributed by atoms with Crippen LogP contribution in [0.15, 0.2) is 22.6 Å². The van der Waals surface area contributed by atoms with Crippen molar-refractivity contribution in [2.75, 3.05) is 12.3 Å².